The fourth-order valence-corrected chi connectivity index (χ4v) is 10.7. The molecule has 4 aromatic rings. The van der Waals surface area contributed by atoms with Gasteiger partial charge in [0.15, 0.2) is 0 Å². The minimum Gasteiger partial charge on any atom is -0.370 e. The van der Waals surface area contributed by atoms with Gasteiger partial charge in [-0.15, -0.1) is 45.3 Å². The van der Waals surface area contributed by atoms with E-state index in [9.17, 15) is 0 Å². The van der Waals surface area contributed by atoms with Gasteiger partial charge in [0.1, 0.15) is 0 Å². The first-order valence-corrected chi connectivity index (χ1v) is 15.4. The molecule has 0 unspecified atom stereocenters. The van der Waals surface area contributed by atoms with Gasteiger partial charge < -0.3 is 13.3 Å². The van der Waals surface area contributed by atoms with Gasteiger partial charge in [-0.25, -0.2) is 0 Å². The fraction of sp³-hybridized carbons (Fsp3) is 0.304. The third kappa shape index (κ3) is 4.96. The maximum absolute atomic E-state index is 6.08. The molecule has 0 aliphatic heterocycles. The number of aryl methyl sites for hydroxylation is 1. The van der Waals surface area contributed by atoms with Gasteiger partial charge in [0, 0.05) is 54.0 Å². The SMILES string of the molecule is CCO[Si](OCC)(OCC)c1ccc(-c2ccc(-c3ccc(-c4ccc(C)s4)s3)s2)s1. The van der Waals surface area contributed by atoms with Gasteiger partial charge in [0.05, 0.1) is 4.50 Å². The van der Waals surface area contributed by atoms with Crippen LogP contribution in [0.5, 0.6) is 0 Å². The maximum Gasteiger partial charge on any atom is 0.547 e. The monoisotopic (exact) mass is 506 g/mol. The number of thiophene rings is 4. The van der Waals surface area contributed by atoms with Crippen molar-refractivity contribution in [2.24, 2.45) is 0 Å². The van der Waals surface area contributed by atoms with E-state index in [1.165, 1.54) is 34.1 Å². The molecule has 8 heteroatoms. The average molecular weight is 507 g/mol. The highest BCUT2D eigenvalue weighted by molar-refractivity contribution is 7.31. The molecule has 0 saturated heterocycles. The predicted molar refractivity (Wildman–Crippen MR) is 139 cm³/mol. The Morgan fingerprint density at radius 1 is 0.548 bits per heavy atom. The van der Waals surface area contributed by atoms with Crippen LogP contribution < -0.4 is 4.50 Å². The Hall–Kier alpha value is -1.10. The second-order valence-corrected chi connectivity index (χ2v) is 14.2. The molecule has 0 bridgehead atoms. The van der Waals surface area contributed by atoms with Crippen LogP contribution in [0.3, 0.4) is 0 Å². The molecule has 4 rings (SSSR count). The minimum atomic E-state index is -2.85. The van der Waals surface area contributed by atoms with Crippen LogP contribution in [0.4, 0.5) is 0 Å². The van der Waals surface area contributed by atoms with Gasteiger partial charge in [0.25, 0.3) is 0 Å². The highest BCUT2D eigenvalue weighted by Gasteiger charge is 2.44. The van der Waals surface area contributed by atoms with Crippen molar-refractivity contribution in [2.45, 2.75) is 27.7 Å². The first-order chi connectivity index (χ1) is 15.1. The average Bonchev–Trinajstić information content (AvgIpc) is 3.53. The van der Waals surface area contributed by atoms with Crippen molar-refractivity contribution >= 4 is 58.7 Å². The summed E-state index contributed by atoms with van der Waals surface area (Å²) >= 11 is 7.28. The van der Waals surface area contributed by atoms with Crippen molar-refractivity contribution < 1.29 is 13.3 Å². The van der Waals surface area contributed by atoms with Crippen LogP contribution in [0.1, 0.15) is 25.6 Å². The fourth-order valence-electron chi connectivity index (χ4n) is 3.32. The van der Waals surface area contributed by atoms with Crippen molar-refractivity contribution in [2.75, 3.05) is 19.8 Å². The Bertz CT molecular complexity index is 1110. The summed E-state index contributed by atoms with van der Waals surface area (Å²) in [5.74, 6) is 0. The van der Waals surface area contributed by atoms with E-state index in [0.717, 1.165) is 4.50 Å². The van der Waals surface area contributed by atoms with Gasteiger partial charge in [-0.05, 0) is 76.2 Å². The Labute approximate surface area is 201 Å². The molecule has 0 radical (unpaired) electrons. The topological polar surface area (TPSA) is 27.7 Å². The molecule has 0 spiro atoms. The quantitative estimate of drug-likeness (QED) is 0.208. The standard InChI is InChI=1S/C23H26O3S4Si/c1-5-24-31(25-6-2,26-7-3)23-15-14-22(30-23)21-13-12-20(29-21)19-11-10-18(28-19)17-9-8-16(4)27-17/h8-15H,5-7H2,1-4H3. The summed E-state index contributed by atoms with van der Waals surface area (Å²) in [6.45, 7) is 9.86. The van der Waals surface area contributed by atoms with Gasteiger partial charge in [0.2, 0.25) is 0 Å². The lowest BCUT2D eigenvalue weighted by Gasteiger charge is -2.27. The smallest absolute Gasteiger partial charge is 0.370 e. The normalized spacial score (nSPS) is 12.0. The lowest BCUT2D eigenvalue weighted by atomic mass is 10.3. The Balaban J connectivity index is 1.59. The van der Waals surface area contributed by atoms with Crippen LogP contribution in [0.15, 0.2) is 48.5 Å². The third-order valence-corrected chi connectivity index (χ3v) is 13.1. The highest BCUT2D eigenvalue weighted by Crippen LogP contribution is 2.42. The second-order valence-electron chi connectivity index (χ2n) is 6.76. The molecule has 0 fully saturated rings. The van der Waals surface area contributed by atoms with Gasteiger partial charge in [-0.2, -0.15) is 0 Å². The largest absolute Gasteiger partial charge is 0.547 e. The lowest BCUT2D eigenvalue weighted by Crippen LogP contribution is -2.55. The molecule has 0 aromatic carbocycles. The summed E-state index contributed by atoms with van der Waals surface area (Å²) in [5.41, 5.74) is 0. The Morgan fingerprint density at radius 3 is 1.35 bits per heavy atom. The van der Waals surface area contributed by atoms with E-state index in [0.29, 0.717) is 19.8 Å². The van der Waals surface area contributed by atoms with Gasteiger partial charge in [-0.1, -0.05) is 0 Å². The molecule has 0 N–H and O–H groups in total. The first kappa shape index (κ1) is 23.1. The van der Waals surface area contributed by atoms with E-state index in [-0.39, 0.29) is 0 Å². The zero-order valence-corrected chi connectivity index (χ0v) is 22.4. The zero-order valence-electron chi connectivity index (χ0n) is 18.1. The van der Waals surface area contributed by atoms with Crippen molar-refractivity contribution in [3.63, 3.8) is 0 Å². The number of hydrogen-bond acceptors (Lipinski definition) is 7. The number of rotatable bonds is 10. The lowest BCUT2D eigenvalue weighted by molar-refractivity contribution is 0.0866. The molecule has 3 nitrogen and oxygen atoms in total. The molecule has 0 aliphatic rings. The van der Waals surface area contributed by atoms with E-state index >= 15 is 0 Å². The summed E-state index contributed by atoms with van der Waals surface area (Å²) in [4.78, 5) is 9.14. The van der Waals surface area contributed by atoms with Crippen LogP contribution in [0, 0.1) is 6.92 Å². The second kappa shape index (κ2) is 10.2. The van der Waals surface area contributed by atoms with Crippen LogP contribution >= 0.6 is 45.3 Å². The van der Waals surface area contributed by atoms with Crippen LogP contribution in [0.25, 0.3) is 29.3 Å². The van der Waals surface area contributed by atoms with Crippen molar-refractivity contribution in [1.29, 1.82) is 0 Å². The summed E-state index contributed by atoms with van der Waals surface area (Å²) in [7, 11) is -2.85. The maximum atomic E-state index is 6.08. The first-order valence-electron chi connectivity index (χ1n) is 10.4. The zero-order chi connectivity index (χ0) is 21.8. The third-order valence-electron chi connectivity index (χ3n) is 4.59. The molecule has 0 atom stereocenters. The minimum absolute atomic E-state index is 0.576. The number of hydrogen-bond donors (Lipinski definition) is 0. The van der Waals surface area contributed by atoms with Crippen molar-refractivity contribution in [3.05, 3.63) is 53.4 Å². The molecule has 164 valence electrons. The Kier molecular flexibility index (Phi) is 7.61. The van der Waals surface area contributed by atoms with E-state index < -0.39 is 8.80 Å². The van der Waals surface area contributed by atoms with Gasteiger partial charge >= 0.3 is 8.80 Å². The van der Waals surface area contributed by atoms with Crippen LogP contribution in [-0.2, 0) is 13.3 Å². The van der Waals surface area contributed by atoms with E-state index in [4.69, 9.17) is 13.3 Å². The summed E-state index contributed by atoms with van der Waals surface area (Å²) in [5, 5.41) is 0. The summed E-state index contributed by atoms with van der Waals surface area (Å²) < 4.78 is 19.3. The van der Waals surface area contributed by atoms with Crippen molar-refractivity contribution in [3.8, 4) is 29.3 Å². The van der Waals surface area contributed by atoms with Crippen molar-refractivity contribution in [1.82, 2.24) is 0 Å². The van der Waals surface area contributed by atoms with E-state index in [1.54, 1.807) is 11.3 Å². The molecule has 4 aromatic heterocycles. The molecule has 0 saturated carbocycles. The summed E-state index contributed by atoms with van der Waals surface area (Å²) in [6, 6.07) is 17.6. The van der Waals surface area contributed by atoms with Crippen LogP contribution in [0.2, 0.25) is 0 Å². The molecule has 4 heterocycles. The predicted octanol–water partition coefficient (Wildman–Crippen LogP) is 7.50. The molecule has 0 aliphatic carbocycles. The van der Waals surface area contributed by atoms with E-state index in [1.807, 2.05) is 54.8 Å². The van der Waals surface area contributed by atoms with Crippen LogP contribution in [-0.4, -0.2) is 28.6 Å². The summed E-state index contributed by atoms with van der Waals surface area (Å²) in [6.07, 6.45) is 0. The molecule has 31 heavy (non-hydrogen) atoms. The molecule has 0 amide bonds. The molecular weight excluding hydrogens is 481 g/mol. The Morgan fingerprint density at radius 2 is 0.935 bits per heavy atom. The van der Waals surface area contributed by atoms with Gasteiger partial charge in [-0.3, -0.25) is 0 Å². The van der Waals surface area contributed by atoms with E-state index in [2.05, 4.69) is 55.5 Å². The molecular formula is C23H26O3S4Si. The highest BCUT2D eigenvalue weighted by atomic mass is 32.1.